The lowest BCUT2D eigenvalue weighted by molar-refractivity contribution is 0.438. The molecule has 88 valence electrons. The van der Waals surface area contributed by atoms with Crippen molar-refractivity contribution < 1.29 is 0 Å². The van der Waals surface area contributed by atoms with E-state index in [9.17, 15) is 0 Å². The Hall–Kier alpha value is -0.760. The molecule has 2 rings (SSSR count). The van der Waals surface area contributed by atoms with E-state index in [2.05, 4.69) is 22.9 Å². The first-order valence-electron chi connectivity index (χ1n) is 5.97. The Morgan fingerprint density at radius 2 is 2.12 bits per heavy atom. The third-order valence-electron chi connectivity index (χ3n) is 3.37. The summed E-state index contributed by atoms with van der Waals surface area (Å²) in [6.07, 6.45) is 4.47. The molecule has 1 fully saturated rings. The van der Waals surface area contributed by atoms with Crippen LogP contribution in [-0.2, 0) is 5.88 Å². The lowest BCUT2D eigenvalue weighted by Crippen LogP contribution is -2.33. The van der Waals surface area contributed by atoms with Crippen LogP contribution in [0.25, 0.3) is 0 Å². The molecule has 1 aliphatic heterocycles. The molecule has 3 heteroatoms. The van der Waals surface area contributed by atoms with E-state index in [1.54, 1.807) is 0 Å². The van der Waals surface area contributed by atoms with E-state index in [4.69, 9.17) is 11.6 Å². The number of nitrogens with zero attached hydrogens (tertiary/aromatic N) is 2. The third kappa shape index (κ3) is 2.49. The Kier molecular flexibility index (Phi) is 3.70. The van der Waals surface area contributed by atoms with Gasteiger partial charge in [0.1, 0.15) is 0 Å². The van der Waals surface area contributed by atoms with Gasteiger partial charge in [-0.2, -0.15) is 0 Å². The molecule has 0 spiro atoms. The number of piperidine rings is 1. The largest absolute Gasteiger partial charge is 0.371 e. The molecule has 0 amide bonds. The normalized spacial score (nSPS) is 17.8. The fourth-order valence-electron chi connectivity index (χ4n) is 2.22. The number of pyridine rings is 1. The summed E-state index contributed by atoms with van der Waals surface area (Å²) in [4.78, 5) is 6.76. The monoisotopic (exact) mass is 238 g/mol. The van der Waals surface area contributed by atoms with Crippen LogP contribution >= 0.6 is 11.6 Å². The van der Waals surface area contributed by atoms with Gasteiger partial charge in [0.2, 0.25) is 0 Å². The molecule has 0 unspecified atom stereocenters. The molecule has 1 aromatic heterocycles. The quantitative estimate of drug-likeness (QED) is 0.735. The molecule has 0 aliphatic carbocycles. The first kappa shape index (κ1) is 11.7. The Morgan fingerprint density at radius 1 is 1.44 bits per heavy atom. The average Bonchev–Trinajstić information content (AvgIpc) is 2.30. The van der Waals surface area contributed by atoms with Gasteiger partial charge in [-0.05, 0) is 31.7 Å². The van der Waals surface area contributed by atoms with Gasteiger partial charge < -0.3 is 4.90 Å². The lowest BCUT2D eigenvalue weighted by Gasteiger charge is -2.33. The van der Waals surface area contributed by atoms with E-state index < -0.39 is 0 Å². The maximum atomic E-state index is 5.97. The fraction of sp³-hybridized carbons (Fsp3) is 0.615. The van der Waals surface area contributed by atoms with Gasteiger partial charge in [-0.3, -0.25) is 4.98 Å². The molecule has 0 bridgehead atoms. The van der Waals surface area contributed by atoms with E-state index in [1.807, 2.05) is 13.1 Å². The van der Waals surface area contributed by atoms with Crippen molar-refractivity contribution in [2.75, 3.05) is 18.0 Å². The van der Waals surface area contributed by atoms with Gasteiger partial charge in [-0.15, -0.1) is 11.6 Å². The molecule has 0 N–H and O–H groups in total. The SMILES string of the molecule is Cc1cc(N2CCC(C)CC2)c(CCl)cn1. The molecule has 16 heavy (non-hydrogen) atoms. The number of aryl methyl sites for hydroxylation is 1. The van der Waals surface area contributed by atoms with Crippen molar-refractivity contribution >= 4 is 17.3 Å². The summed E-state index contributed by atoms with van der Waals surface area (Å²) in [6, 6.07) is 2.16. The number of anilines is 1. The van der Waals surface area contributed by atoms with Crippen LogP contribution in [0.2, 0.25) is 0 Å². The summed E-state index contributed by atoms with van der Waals surface area (Å²) in [7, 11) is 0. The Bertz CT molecular complexity index is 357. The Labute approximate surface area is 103 Å². The molecule has 2 heterocycles. The number of rotatable bonds is 2. The molecule has 1 aliphatic rings. The first-order chi connectivity index (χ1) is 7.70. The lowest BCUT2D eigenvalue weighted by atomic mass is 9.98. The van der Waals surface area contributed by atoms with Crippen LogP contribution in [0.5, 0.6) is 0 Å². The van der Waals surface area contributed by atoms with E-state index in [-0.39, 0.29) is 0 Å². The van der Waals surface area contributed by atoms with Gasteiger partial charge in [-0.1, -0.05) is 6.92 Å². The number of hydrogen-bond donors (Lipinski definition) is 0. The zero-order valence-corrected chi connectivity index (χ0v) is 10.8. The Balaban J connectivity index is 2.21. The second kappa shape index (κ2) is 5.05. The molecule has 1 saturated heterocycles. The topological polar surface area (TPSA) is 16.1 Å². The zero-order chi connectivity index (χ0) is 11.5. The van der Waals surface area contributed by atoms with E-state index >= 15 is 0 Å². The predicted octanol–water partition coefficient (Wildman–Crippen LogP) is 3.37. The van der Waals surface area contributed by atoms with Crippen LogP contribution in [0.1, 0.15) is 31.0 Å². The molecular weight excluding hydrogens is 220 g/mol. The molecular formula is C13H19ClN2. The van der Waals surface area contributed by atoms with E-state index in [1.165, 1.54) is 18.5 Å². The summed E-state index contributed by atoms with van der Waals surface area (Å²) in [5.41, 5.74) is 3.51. The van der Waals surface area contributed by atoms with Gasteiger partial charge in [-0.25, -0.2) is 0 Å². The highest BCUT2D eigenvalue weighted by Gasteiger charge is 2.18. The highest BCUT2D eigenvalue weighted by atomic mass is 35.5. The number of halogens is 1. The molecule has 1 aromatic rings. The molecule has 0 saturated carbocycles. The number of aromatic nitrogens is 1. The standard InChI is InChI=1S/C13H19ClN2/c1-10-3-5-16(6-4-10)13-7-11(2)15-9-12(13)8-14/h7,9-10H,3-6,8H2,1-2H3. The van der Waals surface area contributed by atoms with Crippen molar-refractivity contribution in [1.29, 1.82) is 0 Å². The number of alkyl halides is 1. The van der Waals surface area contributed by atoms with Crippen LogP contribution in [0.3, 0.4) is 0 Å². The van der Waals surface area contributed by atoms with Crippen molar-refractivity contribution in [1.82, 2.24) is 4.98 Å². The highest BCUT2D eigenvalue weighted by molar-refractivity contribution is 6.17. The number of hydrogen-bond acceptors (Lipinski definition) is 2. The average molecular weight is 239 g/mol. The summed E-state index contributed by atoms with van der Waals surface area (Å²) in [6.45, 7) is 6.66. The van der Waals surface area contributed by atoms with E-state index in [0.717, 1.165) is 30.3 Å². The minimum Gasteiger partial charge on any atom is -0.371 e. The summed E-state index contributed by atoms with van der Waals surface area (Å²) in [5.74, 6) is 1.41. The van der Waals surface area contributed by atoms with Crippen molar-refractivity contribution in [2.24, 2.45) is 5.92 Å². The minimum absolute atomic E-state index is 0.550. The summed E-state index contributed by atoms with van der Waals surface area (Å²) < 4.78 is 0. The smallest absolute Gasteiger partial charge is 0.0509 e. The van der Waals surface area contributed by atoms with Gasteiger partial charge in [0.05, 0.1) is 5.88 Å². The third-order valence-corrected chi connectivity index (χ3v) is 3.65. The highest BCUT2D eigenvalue weighted by Crippen LogP contribution is 2.27. The van der Waals surface area contributed by atoms with Crippen LogP contribution < -0.4 is 4.90 Å². The summed E-state index contributed by atoms with van der Waals surface area (Å²) in [5, 5.41) is 0. The maximum absolute atomic E-state index is 5.97. The Morgan fingerprint density at radius 3 is 2.75 bits per heavy atom. The van der Waals surface area contributed by atoms with Crippen LogP contribution in [0, 0.1) is 12.8 Å². The van der Waals surface area contributed by atoms with Gasteiger partial charge >= 0.3 is 0 Å². The van der Waals surface area contributed by atoms with Crippen molar-refractivity contribution in [3.8, 4) is 0 Å². The van der Waals surface area contributed by atoms with E-state index in [0.29, 0.717) is 5.88 Å². The fourth-order valence-corrected chi connectivity index (χ4v) is 2.43. The molecule has 0 radical (unpaired) electrons. The van der Waals surface area contributed by atoms with Crippen LogP contribution in [-0.4, -0.2) is 18.1 Å². The predicted molar refractivity (Wildman–Crippen MR) is 69.1 cm³/mol. The van der Waals surface area contributed by atoms with Crippen molar-refractivity contribution in [3.63, 3.8) is 0 Å². The van der Waals surface area contributed by atoms with Crippen molar-refractivity contribution in [2.45, 2.75) is 32.6 Å². The van der Waals surface area contributed by atoms with Gasteiger partial charge in [0, 0.05) is 36.2 Å². The zero-order valence-electron chi connectivity index (χ0n) is 10.0. The van der Waals surface area contributed by atoms with Crippen molar-refractivity contribution in [3.05, 3.63) is 23.5 Å². The first-order valence-corrected chi connectivity index (χ1v) is 6.50. The minimum atomic E-state index is 0.550. The molecule has 2 nitrogen and oxygen atoms in total. The van der Waals surface area contributed by atoms with Gasteiger partial charge in [0.15, 0.2) is 0 Å². The molecule has 0 atom stereocenters. The molecule has 0 aromatic carbocycles. The second-order valence-corrected chi connectivity index (χ2v) is 5.02. The maximum Gasteiger partial charge on any atom is 0.0509 e. The summed E-state index contributed by atoms with van der Waals surface area (Å²) >= 11 is 5.97. The second-order valence-electron chi connectivity index (χ2n) is 4.76. The van der Waals surface area contributed by atoms with Gasteiger partial charge in [0.25, 0.3) is 0 Å². The van der Waals surface area contributed by atoms with Crippen LogP contribution in [0.15, 0.2) is 12.3 Å². The van der Waals surface area contributed by atoms with Crippen LogP contribution in [0.4, 0.5) is 5.69 Å².